The minimum atomic E-state index is -0.383. The number of amides is 1. The summed E-state index contributed by atoms with van der Waals surface area (Å²) in [6.45, 7) is 3.92. The number of methoxy groups -OCH3 is 1. The van der Waals surface area contributed by atoms with E-state index in [1.54, 1.807) is 36.5 Å². The van der Waals surface area contributed by atoms with Crippen LogP contribution in [0.1, 0.15) is 37.7 Å². The van der Waals surface area contributed by atoms with Crippen LogP contribution in [0.25, 0.3) is 5.69 Å². The molecule has 29 heavy (non-hydrogen) atoms. The zero-order valence-electron chi connectivity index (χ0n) is 16.3. The molecule has 3 aromatic rings. The molecule has 148 valence electrons. The molecule has 1 heterocycles. The number of ether oxygens (including phenoxy) is 1. The number of halogens is 1. The van der Waals surface area contributed by atoms with Crippen molar-refractivity contribution in [2.75, 3.05) is 7.11 Å². The normalized spacial score (nSPS) is 10.9. The van der Waals surface area contributed by atoms with Crippen LogP contribution in [0.5, 0.6) is 0 Å². The van der Waals surface area contributed by atoms with Gasteiger partial charge in [0.05, 0.1) is 24.5 Å². The summed E-state index contributed by atoms with van der Waals surface area (Å²) in [5.74, 6) is -0.681. The lowest BCUT2D eigenvalue weighted by Crippen LogP contribution is -2.18. The summed E-state index contributed by atoms with van der Waals surface area (Å²) in [7, 11) is 1.36. The van der Waals surface area contributed by atoms with Gasteiger partial charge in [0.2, 0.25) is 0 Å². The van der Waals surface area contributed by atoms with Gasteiger partial charge in [0, 0.05) is 27.1 Å². The van der Waals surface area contributed by atoms with Gasteiger partial charge in [-0.1, -0.05) is 18.2 Å². The van der Waals surface area contributed by atoms with Crippen molar-refractivity contribution < 1.29 is 14.3 Å². The van der Waals surface area contributed by atoms with Crippen molar-refractivity contribution in [3.63, 3.8) is 0 Å². The van der Waals surface area contributed by atoms with Crippen LogP contribution in [0, 0.1) is 13.8 Å². The first-order valence-corrected chi connectivity index (χ1v) is 9.67. The number of carbonyl (C=O) groups is 2. The fraction of sp³-hybridized carbons (Fsp3) is 0.136. The molecule has 0 aliphatic heterocycles. The van der Waals surface area contributed by atoms with E-state index in [9.17, 15) is 9.59 Å². The summed E-state index contributed by atoms with van der Waals surface area (Å²) >= 11 is 3.36. The largest absolute Gasteiger partial charge is 0.465 e. The highest BCUT2D eigenvalue weighted by atomic mass is 79.9. The number of carbonyl (C=O) groups excluding carboxylic acids is 2. The van der Waals surface area contributed by atoms with Crippen molar-refractivity contribution in [3.05, 3.63) is 87.1 Å². The van der Waals surface area contributed by atoms with Gasteiger partial charge in [-0.25, -0.2) is 10.2 Å². The van der Waals surface area contributed by atoms with E-state index in [4.69, 9.17) is 4.74 Å². The van der Waals surface area contributed by atoms with E-state index < -0.39 is 0 Å². The van der Waals surface area contributed by atoms with E-state index in [-0.39, 0.29) is 11.9 Å². The van der Waals surface area contributed by atoms with Crippen molar-refractivity contribution in [1.82, 2.24) is 9.99 Å². The fourth-order valence-corrected chi connectivity index (χ4v) is 3.54. The maximum Gasteiger partial charge on any atom is 0.337 e. The standard InChI is InChI=1S/C22H20BrN3O3/c1-14-11-17(13-24-25-21(27)19-9-4-5-10-20(19)23)15(2)26(14)18-8-6-7-16(12-18)22(28)29-3/h4-13H,1-3H3,(H,25,27)/b24-13+. The Morgan fingerprint density at radius 1 is 1.10 bits per heavy atom. The maximum atomic E-state index is 12.3. The molecule has 0 saturated heterocycles. The topological polar surface area (TPSA) is 72.7 Å². The monoisotopic (exact) mass is 453 g/mol. The van der Waals surface area contributed by atoms with Gasteiger partial charge in [0.25, 0.3) is 5.91 Å². The van der Waals surface area contributed by atoms with E-state index in [0.29, 0.717) is 15.6 Å². The third kappa shape index (κ3) is 4.46. The molecule has 7 heteroatoms. The van der Waals surface area contributed by atoms with Gasteiger partial charge in [0.1, 0.15) is 0 Å². The second-order valence-corrected chi connectivity index (χ2v) is 7.24. The number of benzene rings is 2. The predicted molar refractivity (Wildman–Crippen MR) is 116 cm³/mol. The van der Waals surface area contributed by atoms with Crippen LogP contribution in [0.4, 0.5) is 0 Å². The van der Waals surface area contributed by atoms with Crippen molar-refractivity contribution in [1.29, 1.82) is 0 Å². The highest BCUT2D eigenvalue weighted by Gasteiger charge is 2.13. The summed E-state index contributed by atoms with van der Waals surface area (Å²) in [6, 6.07) is 16.3. The van der Waals surface area contributed by atoms with E-state index in [2.05, 4.69) is 26.5 Å². The van der Waals surface area contributed by atoms with Crippen molar-refractivity contribution in [2.24, 2.45) is 5.10 Å². The van der Waals surface area contributed by atoms with Crippen LogP contribution in [-0.4, -0.2) is 29.8 Å². The molecule has 0 fully saturated rings. The summed E-state index contributed by atoms with van der Waals surface area (Å²) in [4.78, 5) is 24.1. The van der Waals surface area contributed by atoms with Gasteiger partial charge in [-0.05, 0) is 66.2 Å². The first kappa shape index (κ1) is 20.5. The van der Waals surface area contributed by atoms with Gasteiger partial charge in [0.15, 0.2) is 0 Å². The Morgan fingerprint density at radius 2 is 1.86 bits per heavy atom. The molecule has 2 aromatic carbocycles. The molecule has 0 aliphatic rings. The summed E-state index contributed by atoms with van der Waals surface area (Å²) in [5, 5.41) is 4.09. The van der Waals surface area contributed by atoms with Crippen LogP contribution in [0.15, 0.2) is 64.2 Å². The lowest BCUT2D eigenvalue weighted by Gasteiger charge is -2.11. The Labute approximate surface area is 177 Å². The molecule has 0 radical (unpaired) electrons. The molecule has 6 nitrogen and oxygen atoms in total. The summed E-state index contributed by atoms with van der Waals surface area (Å²) < 4.78 is 7.52. The van der Waals surface area contributed by atoms with Crippen LogP contribution >= 0.6 is 15.9 Å². The Hall–Kier alpha value is -3.19. The van der Waals surface area contributed by atoms with Gasteiger partial charge >= 0.3 is 5.97 Å². The summed E-state index contributed by atoms with van der Waals surface area (Å²) in [6.07, 6.45) is 1.61. The number of aromatic nitrogens is 1. The van der Waals surface area contributed by atoms with Crippen LogP contribution < -0.4 is 5.43 Å². The van der Waals surface area contributed by atoms with E-state index in [1.165, 1.54) is 7.11 Å². The maximum absolute atomic E-state index is 12.3. The first-order valence-electron chi connectivity index (χ1n) is 8.88. The number of hydrogen-bond donors (Lipinski definition) is 1. The molecular formula is C22H20BrN3O3. The number of hydrazone groups is 1. The number of hydrogen-bond acceptors (Lipinski definition) is 4. The van der Waals surface area contributed by atoms with Gasteiger partial charge in [-0.3, -0.25) is 4.79 Å². The van der Waals surface area contributed by atoms with Crippen molar-refractivity contribution in [2.45, 2.75) is 13.8 Å². The molecule has 0 saturated carbocycles. The molecule has 0 spiro atoms. The minimum Gasteiger partial charge on any atom is -0.465 e. The quantitative estimate of drug-likeness (QED) is 0.353. The minimum absolute atomic E-state index is 0.298. The molecule has 0 aliphatic carbocycles. The van der Waals surface area contributed by atoms with E-state index in [0.717, 1.165) is 22.6 Å². The Balaban J connectivity index is 1.83. The zero-order valence-corrected chi connectivity index (χ0v) is 17.9. The highest BCUT2D eigenvalue weighted by Crippen LogP contribution is 2.21. The number of aryl methyl sites for hydroxylation is 1. The third-order valence-electron chi connectivity index (χ3n) is 4.48. The fourth-order valence-electron chi connectivity index (χ4n) is 3.07. The molecule has 1 aromatic heterocycles. The van der Waals surface area contributed by atoms with Crippen molar-refractivity contribution >= 4 is 34.0 Å². The van der Waals surface area contributed by atoms with Gasteiger partial charge < -0.3 is 9.30 Å². The molecule has 0 bridgehead atoms. The SMILES string of the molecule is COC(=O)c1cccc(-n2c(C)cc(/C=N/NC(=O)c3ccccc3Br)c2C)c1. The van der Waals surface area contributed by atoms with Gasteiger partial charge in [-0.2, -0.15) is 5.10 Å². The van der Waals surface area contributed by atoms with Gasteiger partial charge in [-0.15, -0.1) is 0 Å². The lowest BCUT2D eigenvalue weighted by molar-refractivity contribution is 0.0600. The second kappa shape index (κ2) is 8.87. The number of rotatable bonds is 5. The molecule has 3 rings (SSSR count). The first-order chi connectivity index (χ1) is 13.9. The third-order valence-corrected chi connectivity index (χ3v) is 5.18. The van der Waals surface area contributed by atoms with Crippen molar-refractivity contribution in [3.8, 4) is 5.69 Å². The Bertz CT molecular complexity index is 1100. The summed E-state index contributed by atoms with van der Waals surface area (Å²) in [5.41, 5.74) is 7.15. The number of nitrogens with zero attached hydrogens (tertiary/aromatic N) is 2. The Kier molecular flexibility index (Phi) is 6.29. The highest BCUT2D eigenvalue weighted by molar-refractivity contribution is 9.10. The van der Waals surface area contributed by atoms with Crippen LogP contribution in [-0.2, 0) is 4.74 Å². The number of nitrogens with one attached hydrogen (secondary N) is 1. The average Bonchev–Trinajstić information content (AvgIpc) is 3.00. The zero-order chi connectivity index (χ0) is 21.0. The van der Waals surface area contributed by atoms with Crippen LogP contribution in [0.3, 0.4) is 0 Å². The Morgan fingerprint density at radius 3 is 2.59 bits per heavy atom. The van der Waals surface area contributed by atoms with E-state index in [1.807, 2.05) is 42.7 Å². The predicted octanol–water partition coefficient (Wildman–Crippen LogP) is 4.41. The molecule has 0 atom stereocenters. The molecule has 0 unspecified atom stereocenters. The van der Waals surface area contributed by atoms with E-state index >= 15 is 0 Å². The molecular weight excluding hydrogens is 434 g/mol. The second-order valence-electron chi connectivity index (χ2n) is 6.38. The molecule has 1 amide bonds. The molecule has 1 N–H and O–H groups in total. The smallest absolute Gasteiger partial charge is 0.337 e. The number of esters is 1. The average molecular weight is 454 g/mol. The lowest BCUT2D eigenvalue weighted by atomic mass is 10.2. The van der Waals surface area contributed by atoms with Crippen LogP contribution in [0.2, 0.25) is 0 Å².